The first-order chi connectivity index (χ1) is 20.3. The third kappa shape index (κ3) is 5.67. The van der Waals surface area contributed by atoms with Gasteiger partial charge in [-0.3, -0.25) is 0 Å². The molecule has 0 atom stereocenters. The highest BCUT2D eigenvalue weighted by molar-refractivity contribution is 7.20. The summed E-state index contributed by atoms with van der Waals surface area (Å²) < 4.78 is 19.3. The molecule has 41 heavy (non-hydrogen) atoms. The molecule has 0 fully saturated rings. The molecule has 0 N–H and O–H groups in total. The van der Waals surface area contributed by atoms with E-state index in [-0.39, 0.29) is 0 Å². The van der Waals surface area contributed by atoms with Crippen molar-refractivity contribution >= 4 is 36.1 Å². The zero-order valence-corrected chi connectivity index (χ0v) is 23.5. The predicted molar refractivity (Wildman–Crippen MR) is 171 cm³/mol. The molecule has 0 heterocycles. The second-order valence-electron chi connectivity index (χ2n) is 9.61. The van der Waals surface area contributed by atoms with Crippen LogP contribution < -0.4 is 34.7 Å². The van der Waals surface area contributed by atoms with E-state index in [1.54, 1.807) is 0 Å². The van der Waals surface area contributed by atoms with E-state index in [9.17, 15) is 0 Å². The molecule has 6 rings (SSSR count). The summed E-state index contributed by atoms with van der Waals surface area (Å²) in [4.78, 5) is 0. The Morgan fingerprint density at radius 2 is 0.683 bits per heavy atom. The summed E-state index contributed by atoms with van der Waals surface area (Å²) in [6.07, 6.45) is 0. The van der Waals surface area contributed by atoms with Gasteiger partial charge in [0.05, 0.1) is 0 Å². The zero-order valence-electron chi connectivity index (χ0n) is 22.5. The molecule has 0 spiro atoms. The van der Waals surface area contributed by atoms with Gasteiger partial charge in [-0.25, -0.2) is 0 Å². The molecule has 0 unspecified atom stereocenters. The van der Waals surface area contributed by atoms with Gasteiger partial charge in [0.25, 0.3) is 0 Å². The van der Waals surface area contributed by atoms with E-state index >= 15 is 0 Å². The van der Waals surface area contributed by atoms with Crippen LogP contribution in [0.1, 0.15) is 0 Å². The van der Waals surface area contributed by atoms with Crippen LogP contribution in [0.3, 0.4) is 0 Å². The molecule has 0 aromatic heterocycles. The highest BCUT2D eigenvalue weighted by Gasteiger charge is 2.44. The largest absolute Gasteiger partial charge is 0.864 e. The van der Waals surface area contributed by atoms with Gasteiger partial charge in [0.15, 0.2) is 8.07 Å². The van der Waals surface area contributed by atoms with Crippen molar-refractivity contribution in [2.45, 2.75) is 0 Å². The van der Waals surface area contributed by atoms with Gasteiger partial charge in [-0.05, 0) is 51.1 Å². The molecular formula is C36H29BO3Si. The van der Waals surface area contributed by atoms with Crippen LogP contribution in [-0.4, -0.2) is 15.4 Å². The van der Waals surface area contributed by atoms with Crippen molar-refractivity contribution in [1.82, 2.24) is 0 Å². The Balaban J connectivity index is 1.53. The lowest BCUT2D eigenvalue weighted by Gasteiger charge is -2.35. The minimum atomic E-state index is -2.83. The lowest BCUT2D eigenvalue weighted by Crippen LogP contribution is -2.75. The van der Waals surface area contributed by atoms with Gasteiger partial charge < -0.3 is 14.0 Å². The van der Waals surface area contributed by atoms with Crippen LogP contribution >= 0.6 is 0 Å². The van der Waals surface area contributed by atoms with E-state index in [1.807, 2.05) is 72.8 Å². The lowest BCUT2D eigenvalue weighted by atomic mass is 10.2. The van der Waals surface area contributed by atoms with Gasteiger partial charge in [-0.15, -0.1) is 0 Å². The van der Waals surface area contributed by atoms with Crippen LogP contribution in [0.25, 0.3) is 0 Å². The molecule has 3 nitrogen and oxygen atoms in total. The lowest BCUT2D eigenvalue weighted by molar-refractivity contribution is 0.308. The number of hydrogen-bond donors (Lipinski definition) is 0. The SMILES string of the molecule is c1ccc(OB(Oc2ccccc2)Oc2ccccc2[Si](c2ccccc2)(c2ccccc2)c2ccccc2)cc1. The Kier molecular flexibility index (Phi) is 7.97. The summed E-state index contributed by atoms with van der Waals surface area (Å²) in [5.74, 6) is 2.03. The maximum atomic E-state index is 6.71. The second kappa shape index (κ2) is 12.5. The van der Waals surface area contributed by atoms with Crippen LogP contribution in [0.4, 0.5) is 0 Å². The molecular weight excluding hydrogens is 519 g/mol. The van der Waals surface area contributed by atoms with Gasteiger partial charge in [0, 0.05) is 0 Å². The first-order valence-electron chi connectivity index (χ1n) is 13.7. The molecule has 0 radical (unpaired) electrons. The summed E-state index contributed by atoms with van der Waals surface area (Å²) in [5, 5.41) is 4.90. The maximum Gasteiger partial charge on any atom is 0.864 e. The minimum absolute atomic E-state index is 0.656. The predicted octanol–water partition coefficient (Wildman–Crippen LogP) is 5.59. The van der Waals surface area contributed by atoms with Crippen molar-refractivity contribution < 1.29 is 14.0 Å². The highest BCUT2D eigenvalue weighted by Crippen LogP contribution is 2.20. The first kappa shape index (κ1) is 26.2. The molecule has 0 bridgehead atoms. The number of benzene rings is 6. The summed E-state index contributed by atoms with van der Waals surface area (Å²) in [6.45, 7) is 0. The molecule has 6 aromatic rings. The van der Waals surface area contributed by atoms with Crippen LogP contribution in [0.15, 0.2) is 176 Å². The average Bonchev–Trinajstić information content (AvgIpc) is 3.05. The molecule has 0 saturated carbocycles. The minimum Gasteiger partial charge on any atom is -0.490 e. The number of hydrogen-bond acceptors (Lipinski definition) is 3. The summed E-state index contributed by atoms with van der Waals surface area (Å²) >= 11 is 0. The molecule has 0 saturated heterocycles. The zero-order chi connectivity index (χ0) is 27.7. The van der Waals surface area contributed by atoms with Gasteiger partial charge >= 0.3 is 7.32 Å². The van der Waals surface area contributed by atoms with Crippen molar-refractivity contribution in [3.05, 3.63) is 176 Å². The Bertz CT molecular complexity index is 1510. The fourth-order valence-corrected chi connectivity index (χ4v) is 10.2. The standard InChI is InChI=1S/C36H29BO3Si/c1-6-18-30(19-7-1)38-37(39-31-20-8-2-9-21-31)40-35-28-16-17-29-36(35)41(32-22-10-3-11-23-32,33-24-12-4-13-25-33)34-26-14-5-15-27-34/h1-29H. The highest BCUT2D eigenvalue weighted by atomic mass is 28.3. The van der Waals surface area contributed by atoms with Crippen LogP contribution in [0.5, 0.6) is 17.2 Å². The molecule has 5 heteroatoms. The monoisotopic (exact) mass is 548 g/mol. The van der Waals surface area contributed by atoms with Gasteiger partial charge in [0.1, 0.15) is 17.2 Å². The van der Waals surface area contributed by atoms with E-state index < -0.39 is 15.4 Å². The molecule has 6 aromatic carbocycles. The smallest absolute Gasteiger partial charge is 0.490 e. The Morgan fingerprint density at radius 1 is 0.341 bits per heavy atom. The molecule has 198 valence electrons. The molecule has 0 amide bonds. The topological polar surface area (TPSA) is 27.7 Å². The third-order valence-electron chi connectivity index (χ3n) is 7.09. The molecule has 0 aliphatic rings. The van der Waals surface area contributed by atoms with Crippen molar-refractivity contribution in [3.8, 4) is 17.2 Å². The molecule has 0 aliphatic carbocycles. The van der Waals surface area contributed by atoms with Crippen molar-refractivity contribution in [3.63, 3.8) is 0 Å². The number of rotatable bonds is 10. The summed E-state index contributed by atoms with van der Waals surface area (Å²) in [5.41, 5.74) is 0. The van der Waals surface area contributed by atoms with E-state index in [0.29, 0.717) is 17.2 Å². The summed E-state index contributed by atoms with van der Waals surface area (Å²) in [6, 6.07) is 59.8. The maximum absolute atomic E-state index is 6.71. The van der Waals surface area contributed by atoms with Crippen LogP contribution in [0.2, 0.25) is 0 Å². The Morgan fingerprint density at radius 3 is 1.10 bits per heavy atom. The first-order valence-corrected chi connectivity index (χ1v) is 15.7. The van der Waals surface area contributed by atoms with E-state index in [1.165, 1.54) is 15.6 Å². The van der Waals surface area contributed by atoms with E-state index in [4.69, 9.17) is 14.0 Å². The van der Waals surface area contributed by atoms with Gasteiger partial charge in [-0.1, -0.05) is 146 Å². The van der Waals surface area contributed by atoms with Crippen molar-refractivity contribution in [2.24, 2.45) is 0 Å². The van der Waals surface area contributed by atoms with Gasteiger partial charge in [0.2, 0.25) is 0 Å². The van der Waals surface area contributed by atoms with Crippen LogP contribution in [-0.2, 0) is 0 Å². The molecule has 0 aliphatic heterocycles. The fourth-order valence-electron chi connectivity index (χ4n) is 5.31. The summed E-state index contributed by atoms with van der Waals surface area (Å²) in [7, 11) is -3.85. The Labute approximate surface area is 242 Å². The van der Waals surface area contributed by atoms with Crippen LogP contribution in [0, 0.1) is 0 Å². The average molecular weight is 549 g/mol. The second-order valence-corrected chi connectivity index (χ2v) is 13.4. The Hall–Kier alpha value is -5.00. The fraction of sp³-hybridized carbons (Fsp3) is 0. The van der Waals surface area contributed by atoms with Gasteiger partial charge in [-0.2, -0.15) is 0 Å². The van der Waals surface area contributed by atoms with Crippen molar-refractivity contribution in [1.29, 1.82) is 0 Å². The normalized spacial score (nSPS) is 10.9. The quantitative estimate of drug-likeness (QED) is 0.165. The van der Waals surface area contributed by atoms with E-state index in [0.717, 1.165) is 5.19 Å². The third-order valence-corrected chi connectivity index (χ3v) is 11.9. The number of para-hydroxylation sites is 3. The van der Waals surface area contributed by atoms with E-state index in [2.05, 4.69) is 103 Å². The van der Waals surface area contributed by atoms with Crippen molar-refractivity contribution in [2.75, 3.05) is 0 Å².